The summed E-state index contributed by atoms with van der Waals surface area (Å²) in [5.41, 5.74) is 0.849. The van der Waals surface area contributed by atoms with Gasteiger partial charge in [-0.25, -0.2) is 4.21 Å². The molecule has 0 spiro atoms. The van der Waals surface area contributed by atoms with Gasteiger partial charge in [0.25, 0.3) is 0 Å². The minimum Gasteiger partial charge on any atom is -0.748 e. The molecule has 106 valence electrons. The number of amides is 1. The molecule has 5 nitrogen and oxygen atoms in total. The number of hydrogen-bond acceptors (Lipinski definition) is 5. The van der Waals surface area contributed by atoms with E-state index in [9.17, 15) is 13.6 Å². The fourth-order valence-corrected chi connectivity index (χ4v) is 2.11. The van der Waals surface area contributed by atoms with Crippen molar-refractivity contribution in [2.24, 2.45) is 0 Å². The van der Waals surface area contributed by atoms with Gasteiger partial charge in [0.15, 0.2) is 0 Å². The van der Waals surface area contributed by atoms with E-state index < -0.39 is 9.05 Å². The number of unbranched alkanes of at least 4 members (excludes halogenated alkanes) is 2. The second-order valence-corrected chi connectivity index (χ2v) is 6.20. The number of carbonyl (C=O) groups is 1. The molecule has 0 bridgehead atoms. The molecule has 0 radical (unpaired) electrons. The molecule has 0 saturated heterocycles. The number of benzene rings is 1. The Morgan fingerprint density at radius 1 is 1.25 bits per heavy atom. The smallest absolute Gasteiger partial charge is 0.748 e. The van der Waals surface area contributed by atoms with Crippen molar-refractivity contribution in [3.05, 3.63) is 30.3 Å². The first kappa shape index (κ1) is 20.0. The summed E-state index contributed by atoms with van der Waals surface area (Å²) >= 11 is 4.08. The van der Waals surface area contributed by atoms with Gasteiger partial charge in [-0.05, 0) is 42.6 Å². The van der Waals surface area contributed by atoms with E-state index in [1.54, 1.807) is 4.90 Å². The normalized spacial score (nSPS) is 13.1. The Morgan fingerprint density at radius 2 is 1.90 bits per heavy atom. The van der Waals surface area contributed by atoms with Crippen molar-refractivity contribution >= 4 is 32.3 Å². The molecule has 1 amide bonds. The number of anilines is 1. The van der Waals surface area contributed by atoms with E-state index in [4.69, 9.17) is 0 Å². The molecular weight excluding hydrogens is 309 g/mol. The van der Waals surface area contributed by atoms with Gasteiger partial charge >= 0.3 is 29.6 Å². The Balaban J connectivity index is 0.00000361. The van der Waals surface area contributed by atoms with Crippen LogP contribution < -0.4 is 34.5 Å². The molecule has 1 aromatic carbocycles. The quantitative estimate of drug-likeness (QED) is 0.318. The van der Waals surface area contributed by atoms with Gasteiger partial charge in [0, 0.05) is 12.2 Å². The summed E-state index contributed by atoms with van der Waals surface area (Å²) in [4.78, 5) is 12.6. The van der Waals surface area contributed by atoms with Crippen LogP contribution in [0.5, 0.6) is 0 Å². The van der Waals surface area contributed by atoms with Crippen LogP contribution >= 0.6 is 0 Å². The van der Waals surface area contributed by atoms with Crippen LogP contribution in [0.15, 0.2) is 30.3 Å². The van der Waals surface area contributed by atoms with Gasteiger partial charge in [-0.15, -0.1) is 0 Å². The summed E-state index contributed by atoms with van der Waals surface area (Å²) in [7, 11) is -3.76. The van der Waals surface area contributed by atoms with Crippen LogP contribution in [0.25, 0.3) is 0 Å². The number of carbonyl (C=O) groups excluding carboxylic acids is 1. The van der Waals surface area contributed by atoms with Gasteiger partial charge in [0.1, 0.15) is 0 Å². The molecule has 1 rings (SSSR count). The summed E-state index contributed by atoms with van der Waals surface area (Å²) in [6.45, 7) is 0.687. The number of hydrogen-bond donors (Lipinski definition) is 0. The van der Waals surface area contributed by atoms with Crippen molar-refractivity contribution in [2.45, 2.75) is 19.3 Å². The van der Waals surface area contributed by atoms with Crippen molar-refractivity contribution in [3.8, 4) is 0 Å². The van der Waals surface area contributed by atoms with E-state index in [-0.39, 0.29) is 36.2 Å². The van der Waals surface area contributed by atoms with Gasteiger partial charge in [0.2, 0.25) is 6.41 Å². The molecule has 0 aliphatic heterocycles. The molecule has 0 aromatic heterocycles. The molecule has 0 aliphatic carbocycles. The molecule has 20 heavy (non-hydrogen) atoms. The molecule has 1 aromatic rings. The molecule has 0 aliphatic rings. The third kappa shape index (κ3) is 9.02. The third-order valence-corrected chi connectivity index (χ3v) is 3.23. The number of rotatable bonds is 9. The standard InChI is InChI=1S/C12H17NO4S2.Na/c14-11-13(12-7-3-1-4-8-12)9-5-2-6-10-17-19(15,16)18;/h1,3-4,7-8,11H,2,5-6,9-10H2,(H,15,16,18);/q;+1/p-1. The molecule has 0 fully saturated rings. The van der Waals surface area contributed by atoms with Crippen LogP contribution in [0, 0.1) is 0 Å². The average molecular weight is 325 g/mol. The van der Waals surface area contributed by atoms with Crippen LogP contribution in [-0.2, 0) is 29.2 Å². The van der Waals surface area contributed by atoms with Crippen molar-refractivity contribution in [1.82, 2.24) is 0 Å². The molecular formula is C12H16NNaO4S2. The van der Waals surface area contributed by atoms with Crippen molar-refractivity contribution in [2.75, 3.05) is 18.1 Å². The summed E-state index contributed by atoms with van der Waals surface area (Å²) in [5, 5.41) is 0. The average Bonchev–Trinajstić information content (AvgIpc) is 2.38. The SMILES string of the molecule is O=CN(CCCCCOS(=O)([O-])=S)c1ccccc1.[Na+]. The maximum absolute atomic E-state index is 11.0. The topological polar surface area (TPSA) is 69.7 Å². The van der Waals surface area contributed by atoms with E-state index in [0.717, 1.165) is 24.9 Å². The second-order valence-electron chi connectivity index (χ2n) is 3.93. The molecule has 0 heterocycles. The number of nitrogens with zero attached hydrogens (tertiary/aromatic N) is 1. The summed E-state index contributed by atoms with van der Waals surface area (Å²) in [6, 6.07) is 9.35. The summed E-state index contributed by atoms with van der Waals surface area (Å²) < 4.78 is 25.5. The van der Waals surface area contributed by atoms with Crippen LogP contribution in [0.3, 0.4) is 0 Å². The van der Waals surface area contributed by atoms with Crippen molar-refractivity contribution in [1.29, 1.82) is 0 Å². The van der Waals surface area contributed by atoms with Crippen LogP contribution in [0.1, 0.15) is 19.3 Å². The first-order valence-electron chi connectivity index (χ1n) is 5.90. The third-order valence-electron chi connectivity index (χ3n) is 2.49. The van der Waals surface area contributed by atoms with Gasteiger partial charge in [-0.3, -0.25) is 8.98 Å². The van der Waals surface area contributed by atoms with E-state index in [0.29, 0.717) is 13.0 Å². The van der Waals surface area contributed by atoms with Gasteiger partial charge in [-0.2, -0.15) is 0 Å². The van der Waals surface area contributed by atoms with E-state index in [1.165, 1.54) is 0 Å². The Morgan fingerprint density at radius 3 is 2.45 bits per heavy atom. The van der Waals surface area contributed by atoms with E-state index >= 15 is 0 Å². The van der Waals surface area contributed by atoms with Gasteiger partial charge in [0.05, 0.1) is 15.7 Å². The second kappa shape index (κ2) is 10.7. The van der Waals surface area contributed by atoms with Gasteiger partial charge in [-0.1, -0.05) is 18.2 Å². The monoisotopic (exact) mass is 325 g/mol. The minimum absolute atomic E-state index is 0. The maximum Gasteiger partial charge on any atom is 1.00 e. The first-order valence-corrected chi connectivity index (χ1v) is 8.23. The molecule has 1 atom stereocenters. The van der Waals surface area contributed by atoms with Crippen LogP contribution in [0.4, 0.5) is 5.69 Å². The summed E-state index contributed by atoms with van der Waals surface area (Å²) in [6.07, 6.45) is 2.92. The molecule has 0 N–H and O–H groups in total. The zero-order chi connectivity index (χ0) is 14.1. The van der Waals surface area contributed by atoms with Crippen molar-refractivity contribution < 1.29 is 47.3 Å². The van der Waals surface area contributed by atoms with Gasteiger partial charge < -0.3 is 9.45 Å². The zero-order valence-corrected chi connectivity index (χ0v) is 15.0. The van der Waals surface area contributed by atoms with E-state index in [2.05, 4.69) is 15.4 Å². The predicted molar refractivity (Wildman–Crippen MR) is 75.9 cm³/mol. The summed E-state index contributed by atoms with van der Waals surface area (Å²) in [5.74, 6) is 0. The largest absolute Gasteiger partial charge is 1.00 e. The predicted octanol–water partition coefficient (Wildman–Crippen LogP) is -1.37. The fourth-order valence-electron chi connectivity index (χ4n) is 1.58. The Labute approximate surface area is 146 Å². The zero-order valence-electron chi connectivity index (χ0n) is 11.4. The maximum atomic E-state index is 11.0. The molecule has 0 saturated carbocycles. The minimum atomic E-state index is -3.76. The Bertz CT molecular complexity index is 481. The fraction of sp³-hybridized carbons (Fsp3) is 0.417. The Kier molecular flexibility index (Phi) is 10.7. The van der Waals surface area contributed by atoms with Crippen LogP contribution in [-0.4, -0.2) is 28.3 Å². The molecule has 8 heteroatoms. The number of para-hydroxylation sites is 1. The van der Waals surface area contributed by atoms with Crippen molar-refractivity contribution in [3.63, 3.8) is 0 Å². The van der Waals surface area contributed by atoms with E-state index in [1.807, 2.05) is 30.3 Å². The first-order chi connectivity index (χ1) is 9.03. The van der Waals surface area contributed by atoms with Crippen LogP contribution in [0.2, 0.25) is 0 Å². The molecule has 1 unspecified atom stereocenters. The Hall–Kier alpha value is -0.0200.